The van der Waals surface area contributed by atoms with Crippen molar-refractivity contribution in [3.05, 3.63) is 56.2 Å². The van der Waals surface area contributed by atoms with E-state index >= 15 is 0 Å². The van der Waals surface area contributed by atoms with E-state index in [-0.39, 0.29) is 0 Å². The third kappa shape index (κ3) is 3.92. The largest absolute Gasteiger partial charge is 0.371 e. The van der Waals surface area contributed by atoms with Crippen LogP contribution < -0.4 is 5.73 Å². The fourth-order valence-electron chi connectivity index (χ4n) is 1.46. The van der Waals surface area contributed by atoms with Crippen LogP contribution in [0, 0.1) is 0 Å². The Morgan fingerprint density at radius 1 is 1.00 bits per heavy atom. The summed E-state index contributed by atoms with van der Waals surface area (Å²) in [5.41, 5.74) is 6.75. The van der Waals surface area contributed by atoms with E-state index in [1.54, 1.807) is 11.3 Å². The van der Waals surface area contributed by atoms with Gasteiger partial charge in [0.05, 0.1) is 13.2 Å². The van der Waals surface area contributed by atoms with Gasteiger partial charge in [-0.2, -0.15) is 0 Å². The molecule has 0 amide bonds. The number of ether oxygens (including phenoxy) is 1. The average Bonchev–Trinajstić information content (AvgIpc) is 2.80. The molecular weight excluding hydrogens is 298 g/mol. The molecule has 1 heterocycles. The molecule has 90 valence electrons. The second-order valence-corrected chi connectivity index (χ2v) is 5.86. The number of hydrogen-bond acceptors (Lipinski definition) is 3. The van der Waals surface area contributed by atoms with E-state index in [1.165, 1.54) is 15.3 Å². The van der Waals surface area contributed by atoms with Crippen LogP contribution in [0.1, 0.15) is 15.3 Å². The summed E-state index contributed by atoms with van der Waals surface area (Å²) in [6, 6.07) is 12.3. The molecule has 0 aliphatic rings. The SMILES string of the molecule is NCc1ccc(COCc2ccc(Br)cc2)s1. The Labute approximate surface area is 114 Å². The molecule has 4 heteroatoms. The van der Waals surface area contributed by atoms with E-state index in [9.17, 15) is 0 Å². The number of rotatable bonds is 5. The zero-order valence-electron chi connectivity index (χ0n) is 9.36. The smallest absolute Gasteiger partial charge is 0.0814 e. The summed E-state index contributed by atoms with van der Waals surface area (Å²) in [5, 5.41) is 0. The monoisotopic (exact) mass is 311 g/mol. The summed E-state index contributed by atoms with van der Waals surface area (Å²) in [4.78, 5) is 2.43. The molecule has 0 bridgehead atoms. The predicted octanol–water partition coefficient (Wildman–Crippen LogP) is 3.69. The molecule has 0 aliphatic carbocycles. The van der Waals surface area contributed by atoms with E-state index in [0.29, 0.717) is 19.8 Å². The van der Waals surface area contributed by atoms with Crippen LogP contribution in [0.25, 0.3) is 0 Å². The first-order valence-corrected chi connectivity index (χ1v) is 6.99. The third-order valence-electron chi connectivity index (χ3n) is 2.34. The van der Waals surface area contributed by atoms with Crippen LogP contribution in [-0.4, -0.2) is 0 Å². The molecule has 0 saturated heterocycles. The van der Waals surface area contributed by atoms with Crippen molar-refractivity contribution in [2.75, 3.05) is 0 Å². The van der Waals surface area contributed by atoms with Gasteiger partial charge < -0.3 is 10.5 Å². The summed E-state index contributed by atoms with van der Waals surface area (Å²) < 4.78 is 6.75. The van der Waals surface area contributed by atoms with Crippen molar-refractivity contribution in [1.29, 1.82) is 0 Å². The highest BCUT2D eigenvalue weighted by atomic mass is 79.9. The molecule has 2 N–H and O–H groups in total. The molecule has 0 fully saturated rings. The lowest BCUT2D eigenvalue weighted by Gasteiger charge is -2.03. The lowest BCUT2D eigenvalue weighted by Crippen LogP contribution is -1.92. The fraction of sp³-hybridized carbons (Fsp3) is 0.231. The standard InChI is InChI=1S/C13H14BrNOS/c14-11-3-1-10(2-4-11)8-16-9-13-6-5-12(7-15)17-13/h1-6H,7-9,15H2. The van der Waals surface area contributed by atoms with Crippen molar-refractivity contribution in [2.45, 2.75) is 19.8 Å². The maximum Gasteiger partial charge on any atom is 0.0814 e. The van der Waals surface area contributed by atoms with Gasteiger partial charge in [0.15, 0.2) is 0 Å². The maximum absolute atomic E-state index is 5.66. The first-order chi connectivity index (χ1) is 8.28. The molecule has 0 radical (unpaired) electrons. The van der Waals surface area contributed by atoms with Crippen LogP contribution in [-0.2, 0) is 24.5 Å². The minimum Gasteiger partial charge on any atom is -0.371 e. The molecule has 0 spiro atoms. The normalized spacial score (nSPS) is 10.7. The molecule has 1 aromatic heterocycles. The van der Waals surface area contributed by atoms with Gasteiger partial charge in [0.25, 0.3) is 0 Å². The summed E-state index contributed by atoms with van der Waals surface area (Å²) >= 11 is 5.12. The highest BCUT2D eigenvalue weighted by molar-refractivity contribution is 9.10. The first-order valence-electron chi connectivity index (χ1n) is 5.38. The quantitative estimate of drug-likeness (QED) is 0.914. The number of benzene rings is 1. The lowest BCUT2D eigenvalue weighted by atomic mass is 10.2. The maximum atomic E-state index is 5.66. The van der Waals surface area contributed by atoms with Gasteiger partial charge in [-0.15, -0.1) is 11.3 Å². The van der Waals surface area contributed by atoms with Gasteiger partial charge in [-0.3, -0.25) is 0 Å². The molecule has 2 aromatic rings. The van der Waals surface area contributed by atoms with E-state index in [2.05, 4.69) is 40.2 Å². The Morgan fingerprint density at radius 3 is 2.35 bits per heavy atom. The minimum absolute atomic E-state index is 0.609. The molecule has 0 aliphatic heterocycles. The Kier molecular flexibility index (Phi) is 4.74. The number of halogens is 1. The zero-order valence-corrected chi connectivity index (χ0v) is 11.8. The Hall–Kier alpha value is -0.680. The van der Waals surface area contributed by atoms with Gasteiger partial charge in [0.2, 0.25) is 0 Å². The molecule has 17 heavy (non-hydrogen) atoms. The second kappa shape index (κ2) is 6.31. The van der Waals surface area contributed by atoms with Gasteiger partial charge in [0, 0.05) is 20.8 Å². The highest BCUT2D eigenvalue weighted by Gasteiger charge is 1.99. The second-order valence-electron chi connectivity index (χ2n) is 3.69. The summed E-state index contributed by atoms with van der Waals surface area (Å²) in [6.45, 7) is 1.90. The van der Waals surface area contributed by atoms with E-state index in [4.69, 9.17) is 10.5 Å². The van der Waals surface area contributed by atoms with Crippen molar-refractivity contribution in [3.63, 3.8) is 0 Å². The van der Waals surface area contributed by atoms with Gasteiger partial charge >= 0.3 is 0 Å². The number of hydrogen-bond donors (Lipinski definition) is 1. The zero-order chi connectivity index (χ0) is 12.1. The molecule has 0 unspecified atom stereocenters. The van der Waals surface area contributed by atoms with Crippen molar-refractivity contribution >= 4 is 27.3 Å². The average molecular weight is 312 g/mol. The summed E-state index contributed by atoms with van der Waals surface area (Å²) in [5.74, 6) is 0. The van der Waals surface area contributed by atoms with Crippen molar-refractivity contribution in [1.82, 2.24) is 0 Å². The van der Waals surface area contributed by atoms with E-state index in [0.717, 1.165) is 4.47 Å². The molecule has 0 atom stereocenters. The van der Waals surface area contributed by atoms with Crippen molar-refractivity contribution in [3.8, 4) is 0 Å². The molecule has 0 saturated carbocycles. The number of nitrogens with two attached hydrogens (primary N) is 1. The van der Waals surface area contributed by atoms with E-state index < -0.39 is 0 Å². The Morgan fingerprint density at radius 2 is 1.71 bits per heavy atom. The number of thiophene rings is 1. The molecular formula is C13H14BrNOS. The predicted molar refractivity (Wildman–Crippen MR) is 74.8 cm³/mol. The summed E-state index contributed by atoms with van der Waals surface area (Å²) in [6.07, 6.45) is 0. The van der Waals surface area contributed by atoms with Crippen LogP contribution in [0.5, 0.6) is 0 Å². The minimum atomic E-state index is 0.609. The van der Waals surface area contributed by atoms with Crippen LogP contribution >= 0.6 is 27.3 Å². The van der Waals surface area contributed by atoms with E-state index in [1.807, 2.05) is 12.1 Å². The lowest BCUT2D eigenvalue weighted by molar-refractivity contribution is 0.109. The topological polar surface area (TPSA) is 35.2 Å². The molecule has 2 rings (SSSR count). The molecule has 2 nitrogen and oxygen atoms in total. The molecule has 1 aromatic carbocycles. The van der Waals surface area contributed by atoms with Gasteiger partial charge in [-0.05, 0) is 29.8 Å². The van der Waals surface area contributed by atoms with Crippen LogP contribution in [0.3, 0.4) is 0 Å². The third-order valence-corrected chi connectivity index (χ3v) is 3.95. The van der Waals surface area contributed by atoms with Crippen molar-refractivity contribution < 1.29 is 4.74 Å². The highest BCUT2D eigenvalue weighted by Crippen LogP contribution is 2.17. The van der Waals surface area contributed by atoms with Crippen LogP contribution in [0.15, 0.2) is 40.9 Å². The van der Waals surface area contributed by atoms with Crippen LogP contribution in [0.2, 0.25) is 0 Å². The van der Waals surface area contributed by atoms with Crippen molar-refractivity contribution in [2.24, 2.45) is 5.73 Å². The van der Waals surface area contributed by atoms with Crippen LogP contribution in [0.4, 0.5) is 0 Å². The Balaban J connectivity index is 1.81. The Bertz CT molecular complexity index is 467. The summed E-state index contributed by atoms with van der Waals surface area (Å²) in [7, 11) is 0. The van der Waals surface area contributed by atoms with Gasteiger partial charge in [-0.25, -0.2) is 0 Å². The first kappa shape index (κ1) is 12.8. The van der Waals surface area contributed by atoms with Gasteiger partial charge in [-0.1, -0.05) is 28.1 Å². The fourth-order valence-corrected chi connectivity index (χ4v) is 2.56. The van der Waals surface area contributed by atoms with Gasteiger partial charge in [0.1, 0.15) is 0 Å².